The van der Waals surface area contributed by atoms with Crippen LogP contribution < -0.4 is 9.47 Å². The smallest absolute Gasteiger partial charge is 0.303 e. The summed E-state index contributed by atoms with van der Waals surface area (Å²) in [4.78, 5) is 25.1. The Hall–Kier alpha value is -2.28. The molecule has 7 nitrogen and oxygen atoms in total. The first-order valence-corrected chi connectivity index (χ1v) is 10.8. The van der Waals surface area contributed by atoms with Crippen LogP contribution in [-0.2, 0) is 14.3 Å². The molecule has 3 aliphatic rings. The van der Waals surface area contributed by atoms with Gasteiger partial charge in [0.15, 0.2) is 11.5 Å². The van der Waals surface area contributed by atoms with Crippen LogP contribution in [-0.4, -0.2) is 53.8 Å². The van der Waals surface area contributed by atoms with Gasteiger partial charge in [-0.15, -0.1) is 0 Å². The standard InChI is InChI=1S/C23H31NO6/c1-23(2)16-12-14-13-24(19(25)8-5-9-20(26)27)11-10-17(14)29-21(16)15-6-4-7-18(28-3)22(15)30-23/h4,6-7,14,16-17,21H,5,8-13H2,1-3H3,(H,26,27)/t14-,16+,17+,21-/m1/s1. The number of carbonyl (C=O) groups is 2. The van der Waals surface area contributed by atoms with Crippen LogP contribution >= 0.6 is 0 Å². The van der Waals surface area contributed by atoms with Crippen LogP contribution in [0.1, 0.15) is 57.6 Å². The molecule has 0 aromatic heterocycles. The number of hydrogen-bond acceptors (Lipinski definition) is 5. The van der Waals surface area contributed by atoms with Gasteiger partial charge in [0.1, 0.15) is 5.60 Å². The lowest BCUT2D eigenvalue weighted by atomic mass is 9.70. The van der Waals surface area contributed by atoms with Crippen molar-refractivity contribution in [3.8, 4) is 11.5 Å². The van der Waals surface area contributed by atoms with Gasteiger partial charge in [-0.3, -0.25) is 9.59 Å². The molecule has 2 saturated heterocycles. The summed E-state index contributed by atoms with van der Waals surface area (Å²) in [5.41, 5.74) is 0.634. The second kappa shape index (κ2) is 8.10. The predicted molar refractivity (Wildman–Crippen MR) is 110 cm³/mol. The number of carboxylic acid groups (broad SMARTS) is 1. The van der Waals surface area contributed by atoms with E-state index >= 15 is 0 Å². The molecule has 0 saturated carbocycles. The molecule has 3 aliphatic heterocycles. The number of nitrogens with zero attached hydrogens (tertiary/aromatic N) is 1. The molecule has 4 rings (SSSR count). The fourth-order valence-electron chi connectivity index (χ4n) is 5.23. The Morgan fingerprint density at radius 3 is 2.83 bits per heavy atom. The fraction of sp³-hybridized carbons (Fsp3) is 0.652. The molecule has 30 heavy (non-hydrogen) atoms. The third kappa shape index (κ3) is 3.87. The van der Waals surface area contributed by atoms with Crippen molar-refractivity contribution in [2.24, 2.45) is 11.8 Å². The third-order valence-corrected chi connectivity index (χ3v) is 6.84. The van der Waals surface area contributed by atoms with Crippen molar-refractivity contribution in [2.45, 2.75) is 63.8 Å². The highest BCUT2D eigenvalue weighted by atomic mass is 16.5. The van der Waals surface area contributed by atoms with Crippen molar-refractivity contribution in [3.63, 3.8) is 0 Å². The van der Waals surface area contributed by atoms with Gasteiger partial charge in [0.25, 0.3) is 0 Å². The highest BCUT2D eigenvalue weighted by molar-refractivity contribution is 5.77. The maximum Gasteiger partial charge on any atom is 0.303 e. The Morgan fingerprint density at radius 2 is 2.10 bits per heavy atom. The van der Waals surface area contributed by atoms with Gasteiger partial charge < -0.3 is 24.2 Å². The Morgan fingerprint density at radius 1 is 1.30 bits per heavy atom. The number of rotatable bonds is 5. The molecule has 1 amide bonds. The minimum absolute atomic E-state index is 0.0346. The van der Waals surface area contributed by atoms with Crippen molar-refractivity contribution >= 4 is 11.9 Å². The Labute approximate surface area is 177 Å². The quantitative estimate of drug-likeness (QED) is 0.790. The summed E-state index contributed by atoms with van der Waals surface area (Å²) >= 11 is 0. The van der Waals surface area contributed by atoms with Gasteiger partial charge in [-0.05, 0) is 39.2 Å². The topological polar surface area (TPSA) is 85.3 Å². The third-order valence-electron chi connectivity index (χ3n) is 6.84. The van der Waals surface area contributed by atoms with E-state index in [9.17, 15) is 9.59 Å². The first-order chi connectivity index (χ1) is 14.3. The molecular formula is C23H31NO6. The van der Waals surface area contributed by atoms with Gasteiger partial charge in [0, 0.05) is 43.3 Å². The number of hydrogen-bond donors (Lipinski definition) is 1. The normalized spacial score (nSPS) is 29.1. The average molecular weight is 418 g/mol. The van der Waals surface area contributed by atoms with Gasteiger partial charge in [-0.25, -0.2) is 0 Å². The summed E-state index contributed by atoms with van der Waals surface area (Å²) in [7, 11) is 1.65. The number of piperidine rings is 1. The number of carboxylic acids is 1. The van der Waals surface area contributed by atoms with E-state index in [1.165, 1.54) is 0 Å². The molecule has 0 bridgehead atoms. The largest absolute Gasteiger partial charge is 0.493 e. The van der Waals surface area contributed by atoms with Crippen LogP contribution in [0, 0.1) is 11.8 Å². The fourth-order valence-corrected chi connectivity index (χ4v) is 5.23. The van der Waals surface area contributed by atoms with E-state index in [4.69, 9.17) is 19.3 Å². The number of carbonyl (C=O) groups excluding carboxylic acids is 1. The highest BCUT2D eigenvalue weighted by Gasteiger charge is 2.52. The molecule has 0 aliphatic carbocycles. The lowest BCUT2D eigenvalue weighted by Gasteiger charge is -2.53. The van der Waals surface area contributed by atoms with Crippen LogP contribution in [0.25, 0.3) is 0 Å². The maximum atomic E-state index is 12.6. The SMILES string of the molecule is COc1cccc2c1OC(C)(C)[C@H]1C[C@@H]3CN(C(=O)CCCC(=O)O)CC[C@@H]3O[C@H]21. The molecule has 4 atom stereocenters. The molecule has 7 heteroatoms. The number of fused-ring (bicyclic) bond motifs is 4. The maximum absolute atomic E-state index is 12.6. The Kier molecular flexibility index (Phi) is 5.66. The summed E-state index contributed by atoms with van der Waals surface area (Å²) in [6.07, 6.45) is 2.52. The Bertz CT molecular complexity index is 822. The minimum atomic E-state index is -0.857. The lowest BCUT2D eigenvalue weighted by molar-refractivity contribution is -0.189. The number of benzene rings is 1. The van der Waals surface area contributed by atoms with Gasteiger partial charge in [-0.1, -0.05) is 12.1 Å². The van der Waals surface area contributed by atoms with E-state index in [1.807, 2.05) is 17.0 Å². The molecule has 1 aromatic rings. The molecule has 1 N–H and O–H groups in total. The van der Waals surface area contributed by atoms with Crippen molar-refractivity contribution in [3.05, 3.63) is 23.8 Å². The first kappa shape index (κ1) is 21.0. The van der Waals surface area contributed by atoms with E-state index in [1.54, 1.807) is 7.11 Å². The average Bonchev–Trinajstić information content (AvgIpc) is 2.71. The molecule has 0 spiro atoms. The van der Waals surface area contributed by atoms with Crippen LogP contribution in [0.5, 0.6) is 11.5 Å². The first-order valence-electron chi connectivity index (χ1n) is 10.8. The van der Waals surface area contributed by atoms with E-state index < -0.39 is 11.6 Å². The predicted octanol–water partition coefficient (Wildman–Crippen LogP) is 3.42. The number of para-hydroxylation sites is 1. The van der Waals surface area contributed by atoms with Gasteiger partial charge >= 0.3 is 5.97 Å². The van der Waals surface area contributed by atoms with E-state index in [2.05, 4.69) is 19.9 Å². The van der Waals surface area contributed by atoms with Crippen LogP contribution in [0.4, 0.5) is 0 Å². The second-order valence-electron chi connectivity index (χ2n) is 9.16. The van der Waals surface area contributed by atoms with Crippen LogP contribution in [0.2, 0.25) is 0 Å². The van der Waals surface area contributed by atoms with Crippen molar-refractivity contribution in [2.75, 3.05) is 20.2 Å². The molecule has 164 valence electrons. The van der Waals surface area contributed by atoms with Gasteiger partial charge in [-0.2, -0.15) is 0 Å². The van der Waals surface area contributed by atoms with Crippen molar-refractivity contribution in [1.82, 2.24) is 4.90 Å². The summed E-state index contributed by atoms with van der Waals surface area (Å²) in [6.45, 7) is 5.53. The zero-order valence-electron chi connectivity index (χ0n) is 17.9. The highest BCUT2D eigenvalue weighted by Crippen LogP contribution is 2.55. The number of ether oxygens (including phenoxy) is 3. The van der Waals surface area contributed by atoms with E-state index in [-0.39, 0.29) is 36.4 Å². The second-order valence-corrected chi connectivity index (χ2v) is 9.16. The summed E-state index contributed by atoms with van der Waals surface area (Å²) in [6, 6.07) is 5.95. The lowest BCUT2D eigenvalue weighted by Crippen LogP contribution is -2.56. The number of methoxy groups -OCH3 is 1. The number of aliphatic carboxylic acids is 1. The summed E-state index contributed by atoms with van der Waals surface area (Å²) in [5, 5.41) is 8.79. The van der Waals surface area contributed by atoms with Crippen molar-refractivity contribution in [1.29, 1.82) is 0 Å². The number of likely N-dealkylation sites (tertiary alicyclic amines) is 1. The van der Waals surface area contributed by atoms with Crippen molar-refractivity contribution < 1.29 is 28.9 Å². The summed E-state index contributed by atoms with van der Waals surface area (Å²) < 4.78 is 18.6. The molecular weight excluding hydrogens is 386 g/mol. The molecule has 0 radical (unpaired) electrons. The molecule has 1 aromatic carbocycles. The van der Waals surface area contributed by atoms with E-state index in [0.717, 1.165) is 29.9 Å². The Balaban J connectivity index is 1.48. The zero-order chi connectivity index (χ0) is 21.5. The monoisotopic (exact) mass is 417 g/mol. The van der Waals surface area contributed by atoms with Crippen LogP contribution in [0.3, 0.4) is 0 Å². The summed E-state index contributed by atoms with van der Waals surface area (Å²) in [5.74, 6) is 1.14. The van der Waals surface area contributed by atoms with Crippen LogP contribution in [0.15, 0.2) is 18.2 Å². The van der Waals surface area contributed by atoms with Gasteiger partial charge in [0.05, 0.1) is 19.3 Å². The van der Waals surface area contributed by atoms with Gasteiger partial charge in [0.2, 0.25) is 5.91 Å². The molecule has 0 unspecified atom stereocenters. The van der Waals surface area contributed by atoms with E-state index in [0.29, 0.717) is 25.9 Å². The zero-order valence-corrected chi connectivity index (χ0v) is 17.9. The molecule has 3 heterocycles. The molecule has 2 fully saturated rings. The minimum Gasteiger partial charge on any atom is -0.493 e. The number of amides is 1.